The number of benzene rings is 1. The second kappa shape index (κ2) is 10.5. The third kappa shape index (κ3) is 5.74. The zero-order valence-corrected chi connectivity index (χ0v) is 19.1. The van der Waals surface area contributed by atoms with Crippen LogP contribution in [-0.4, -0.2) is 57.9 Å². The van der Waals surface area contributed by atoms with Gasteiger partial charge >= 0.3 is 0 Å². The minimum Gasteiger partial charge on any atom is -0.381 e. The molecule has 172 valence electrons. The van der Waals surface area contributed by atoms with Crippen molar-refractivity contribution in [3.05, 3.63) is 64.8 Å². The van der Waals surface area contributed by atoms with Crippen molar-refractivity contribution in [3.8, 4) is 5.82 Å². The van der Waals surface area contributed by atoms with Crippen LogP contribution in [0.15, 0.2) is 48.0 Å². The standard InChI is InChI=1S/C23H26ClN7O2/c1-15-11-26-23(28-18-6-8-33-9-7-18)30-21(15)31-13-20(27-14-31)22(32)29-19(12-25-2)16-4-3-5-17(24)10-16/h3-5,10-11,13-14,18-19H,2,6-9,12H2,1H3,(H,29,32)(H,26,28,30)/t19-/m0/s1. The normalized spacial score (nSPS) is 15.1. The summed E-state index contributed by atoms with van der Waals surface area (Å²) in [6.07, 6.45) is 6.81. The third-order valence-electron chi connectivity index (χ3n) is 5.43. The van der Waals surface area contributed by atoms with Gasteiger partial charge in [0.25, 0.3) is 5.91 Å². The highest BCUT2D eigenvalue weighted by molar-refractivity contribution is 6.30. The van der Waals surface area contributed by atoms with Crippen molar-refractivity contribution in [2.75, 3.05) is 25.1 Å². The van der Waals surface area contributed by atoms with Crippen LogP contribution in [0.3, 0.4) is 0 Å². The minimum absolute atomic E-state index is 0.267. The number of aliphatic imine (C=N–C) groups is 1. The Balaban J connectivity index is 1.50. The number of anilines is 1. The largest absolute Gasteiger partial charge is 0.381 e. The van der Waals surface area contributed by atoms with Crippen LogP contribution in [-0.2, 0) is 4.74 Å². The zero-order valence-electron chi connectivity index (χ0n) is 18.4. The number of hydrogen-bond acceptors (Lipinski definition) is 7. The summed E-state index contributed by atoms with van der Waals surface area (Å²) in [6.45, 7) is 7.24. The Morgan fingerprint density at radius 3 is 2.94 bits per heavy atom. The fraction of sp³-hybridized carbons (Fsp3) is 0.348. The van der Waals surface area contributed by atoms with Crippen molar-refractivity contribution in [2.45, 2.75) is 31.8 Å². The van der Waals surface area contributed by atoms with E-state index in [1.807, 2.05) is 19.1 Å². The van der Waals surface area contributed by atoms with Crippen LogP contribution in [0.1, 0.15) is 40.5 Å². The van der Waals surface area contributed by atoms with Crippen molar-refractivity contribution in [1.29, 1.82) is 0 Å². The van der Waals surface area contributed by atoms with Gasteiger partial charge in [0.2, 0.25) is 5.95 Å². The van der Waals surface area contributed by atoms with Crippen LogP contribution >= 0.6 is 11.6 Å². The molecule has 0 aliphatic carbocycles. The molecule has 0 saturated carbocycles. The van der Waals surface area contributed by atoms with Gasteiger partial charge in [0.1, 0.15) is 17.8 Å². The fourth-order valence-corrected chi connectivity index (χ4v) is 3.86. The van der Waals surface area contributed by atoms with E-state index in [0.29, 0.717) is 23.3 Å². The van der Waals surface area contributed by atoms with E-state index in [0.717, 1.165) is 37.2 Å². The molecule has 10 heteroatoms. The van der Waals surface area contributed by atoms with E-state index in [1.54, 1.807) is 35.4 Å². The molecule has 33 heavy (non-hydrogen) atoms. The quantitative estimate of drug-likeness (QED) is 0.492. The minimum atomic E-state index is -0.366. The number of carbonyl (C=O) groups is 1. The summed E-state index contributed by atoms with van der Waals surface area (Å²) in [5.74, 6) is 0.875. The molecule has 1 aliphatic heterocycles. The summed E-state index contributed by atoms with van der Waals surface area (Å²) in [4.78, 5) is 30.2. The van der Waals surface area contributed by atoms with Crippen LogP contribution in [0.2, 0.25) is 5.02 Å². The van der Waals surface area contributed by atoms with Gasteiger partial charge in [0.05, 0.1) is 12.6 Å². The van der Waals surface area contributed by atoms with Crippen molar-refractivity contribution < 1.29 is 9.53 Å². The van der Waals surface area contributed by atoms with E-state index in [1.165, 1.54) is 0 Å². The van der Waals surface area contributed by atoms with Gasteiger partial charge < -0.3 is 15.4 Å². The number of aryl methyl sites for hydroxylation is 1. The number of carbonyl (C=O) groups excluding carboxylic acids is 1. The summed E-state index contributed by atoms with van der Waals surface area (Å²) in [5.41, 5.74) is 1.98. The third-order valence-corrected chi connectivity index (χ3v) is 5.66. The number of amides is 1. The average molecular weight is 468 g/mol. The predicted octanol–water partition coefficient (Wildman–Crippen LogP) is 3.39. The van der Waals surface area contributed by atoms with Crippen LogP contribution in [0.25, 0.3) is 5.82 Å². The van der Waals surface area contributed by atoms with E-state index in [2.05, 4.69) is 37.3 Å². The van der Waals surface area contributed by atoms with Gasteiger partial charge in [-0.1, -0.05) is 23.7 Å². The lowest BCUT2D eigenvalue weighted by Crippen LogP contribution is -2.30. The monoisotopic (exact) mass is 467 g/mol. The summed E-state index contributed by atoms with van der Waals surface area (Å²) in [5, 5.41) is 6.91. The number of hydrogen-bond donors (Lipinski definition) is 2. The molecular formula is C23H26ClN7O2. The van der Waals surface area contributed by atoms with E-state index >= 15 is 0 Å². The molecule has 1 saturated heterocycles. The smallest absolute Gasteiger partial charge is 0.272 e. The molecule has 1 atom stereocenters. The van der Waals surface area contributed by atoms with Crippen molar-refractivity contribution in [2.24, 2.45) is 4.99 Å². The van der Waals surface area contributed by atoms with Gasteiger partial charge in [-0.2, -0.15) is 4.98 Å². The maximum Gasteiger partial charge on any atom is 0.272 e. The first-order valence-corrected chi connectivity index (χ1v) is 11.1. The molecule has 4 rings (SSSR count). The zero-order chi connectivity index (χ0) is 23.2. The van der Waals surface area contributed by atoms with Crippen LogP contribution < -0.4 is 10.6 Å². The Morgan fingerprint density at radius 1 is 1.36 bits per heavy atom. The van der Waals surface area contributed by atoms with E-state index in [9.17, 15) is 4.79 Å². The van der Waals surface area contributed by atoms with E-state index < -0.39 is 0 Å². The van der Waals surface area contributed by atoms with Crippen LogP contribution in [0.5, 0.6) is 0 Å². The Labute approximate surface area is 197 Å². The second-order valence-electron chi connectivity index (χ2n) is 7.88. The van der Waals surface area contributed by atoms with Gasteiger partial charge in [0.15, 0.2) is 0 Å². The lowest BCUT2D eigenvalue weighted by Gasteiger charge is -2.23. The number of ether oxygens (including phenoxy) is 1. The van der Waals surface area contributed by atoms with Crippen molar-refractivity contribution in [1.82, 2.24) is 24.8 Å². The average Bonchev–Trinajstić information content (AvgIpc) is 3.31. The summed E-state index contributed by atoms with van der Waals surface area (Å²) in [7, 11) is 0. The highest BCUT2D eigenvalue weighted by Gasteiger charge is 2.19. The first-order chi connectivity index (χ1) is 16.0. The van der Waals surface area contributed by atoms with Crippen molar-refractivity contribution >= 4 is 30.2 Å². The molecule has 1 amide bonds. The molecule has 3 heterocycles. The molecule has 1 aliphatic rings. The first kappa shape index (κ1) is 22.9. The second-order valence-corrected chi connectivity index (χ2v) is 8.32. The Morgan fingerprint density at radius 2 is 2.18 bits per heavy atom. The van der Waals surface area contributed by atoms with Crippen LogP contribution in [0.4, 0.5) is 5.95 Å². The molecule has 0 bridgehead atoms. The Kier molecular flexibility index (Phi) is 7.31. The maximum absolute atomic E-state index is 12.9. The summed E-state index contributed by atoms with van der Waals surface area (Å²) >= 11 is 6.10. The van der Waals surface area contributed by atoms with Crippen molar-refractivity contribution in [3.63, 3.8) is 0 Å². The highest BCUT2D eigenvalue weighted by Crippen LogP contribution is 2.20. The SMILES string of the molecule is C=NC[C@H](NC(=O)c1cn(-c2nc(NC3CCOCC3)ncc2C)cn1)c1cccc(Cl)c1. The van der Waals surface area contributed by atoms with Gasteiger partial charge in [-0.05, 0) is 44.2 Å². The number of nitrogens with one attached hydrogen (secondary N) is 2. The molecule has 2 N–H and O–H groups in total. The van der Waals surface area contributed by atoms with Gasteiger partial charge in [-0.25, -0.2) is 9.97 Å². The maximum atomic E-state index is 12.9. The number of nitrogens with zero attached hydrogens (tertiary/aromatic N) is 5. The number of imidazole rings is 1. The number of rotatable bonds is 8. The van der Waals surface area contributed by atoms with E-state index in [-0.39, 0.29) is 23.7 Å². The summed E-state index contributed by atoms with van der Waals surface area (Å²) < 4.78 is 7.13. The lowest BCUT2D eigenvalue weighted by atomic mass is 10.1. The Hall–Kier alpha value is -3.30. The van der Waals surface area contributed by atoms with Gasteiger partial charge in [0, 0.05) is 42.2 Å². The molecule has 2 aromatic heterocycles. The number of aromatic nitrogens is 4. The first-order valence-electron chi connectivity index (χ1n) is 10.7. The van der Waals surface area contributed by atoms with Gasteiger partial charge in [-0.15, -0.1) is 0 Å². The fourth-order valence-electron chi connectivity index (χ4n) is 3.66. The molecule has 0 spiro atoms. The molecule has 0 radical (unpaired) electrons. The highest BCUT2D eigenvalue weighted by atomic mass is 35.5. The van der Waals surface area contributed by atoms with Gasteiger partial charge in [-0.3, -0.25) is 14.4 Å². The number of halogens is 1. The molecule has 0 unspecified atom stereocenters. The van der Waals surface area contributed by atoms with Crippen LogP contribution in [0, 0.1) is 6.92 Å². The molecule has 1 fully saturated rings. The predicted molar refractivity (Wildman–Crippen MR) is 127 cm³/mol. The van der Waals surface area contributed by atoms with E-state index in [4.69, 9.17) is 16.3 Å². The molecule has 3 aromatic rings. The molecule has 9 nitrogen and oxygen atoms in total. The Bertz CT molecular complexity index is 1130. The summed E-state index contributed by atoms with van der Waals surface area (Å²) in [6, 6.07) is 7.21. The topological polar surface area (TPSA) is 106 Å². The lowest BCUT2D eigenvalue weighted by molar-refractivity contribution is 0.0903. The molecule has 1 aromatic carbocycles. The molecular weight excluding hydrogens is 442 g/mol.